The molecule has 2 unspecified atom stereocenters. The largest absolute Gasteiger partial charge is 0.481 e. The smallest absolute Gasteiger partial charge is 0.416 e. The van der Waals surface area contributed by atoms with Crippen molar-refractivity contribution in [1.82, 2.24) is 0 Å². The van der Waals surface area contributed by atoms with Gasteiger partial charge in [-0.2, -0.15) is 13.2 Å². The number of rotatable bonds is 2. The summed E-state index contributed by atoms with van der Waals surface area (Å²) < 4.78 is 56.1. The number of carboxylic acids is 1. The molecule has 0 bridgehead atoms. The van der Waals surface area contributed by atoms with Crippen molar-refractivity contribution >= 4 is 5.97 Å². The van der Waals surface area contributed by atoms with E-state index in [1.165, 1.54) is 0 Å². The van der Waals surface area contributed by atoms with E-state index in [-0.39, 0.29) is 18.6 Å². The van der Waals surface area contributed by atoms with Crippen molar-refractivity contribution in [2.75, 3.05) is 6.61 Å². The number of aliphatic carboxylic acids is 1. The second-order valence-corrected chi connectivity index (χ2v) is 4.30. The first kappa shape index (κ1) is 13.8. The Labute approximate surface area is 105 Å². The first-order valence-electron chi connectivity index (χ1n) is 5.51. The van der Waals surface area contributed by atoms with Crippen LogP contribution >= 0.6 is 0 Å². The molecule has 104 valence electrons. The minimum Gasteiger partial charge on any atom is -0.481 e. The van der Waals surface area contributed by atoms with Crippen LogP contribution in [0.4, 0.5) is 17.6 Å². The number of alkyl halides is 3. The fourth-order valence-electron chi connectivity index (χ4n) is 2.11. The zero-order valence-electron chi connectivity index (χ0n) is 9.58. The number of ether oxygens (including phenoxy) is 1. The lowest BCUT2D eigenvalue weighted by Crippen LogP contribution is -2.18. The molecule has 1 aromatic carbocycles. The summed E-state index contributed by atoms with van der Waals surface area (Å²) in [4.78, 5) is 11.0. The Kier molecular flexibility index (Phi) is 3.49. The molecule has 1 saturated heterocycles. The fraction of sp³-hybridized carbons (Fsp3) is 0.417. The van der Waals surface area contributed by atoms with E-state index in [0.717, 1.165) is 12.1 Å². The van der Waals surface area contributed by atoms with Crippen molar-refractivity contribution in [1.29, 1.82) is 0 Å². The molecule has 1 heterocycles. The highest BCUT2D eigenvalue weighted by molar-refractivity contribution is 5.71. The maximum Gasteiger partial charge on any atom is 0.416 e. The van der Waals surface area contributed by atoms with Gasteiger partial charge >= 0.3 is 12.1 Å². The number of hydrogen-bond acceptors (Lipinski definition) is 2. The van der Waals surface area contributed by atoms with Gasteiger partial charge in [0.25, 0.3) is 0 Å². The van der Waals surface area contributed by atoms with Gasteiger partial charge in [-0.05, 0) is 30.2 Å². The van der Waals surface area contributed by atoms with E-state index in [2.05, 4.69) is 0 Å². The van der Waals surface area contributed by atoms with E-state index in [4.69, 9.17) is 9.84 Å². The molecule has 0 aromatic heterocycles. The van der Waals surface area contributed by atoms with Crippen LogP contribution in [0.25, 0.3) is 0 Å². The Balaban J connectivity index is 2.40. The quantitative estimate of drug-likeness (QED) is 0.846. The Morgan fingerprint density at radius 2 is 2.00 bits per heavy atom. The highest BCUT2D eigenvalue weighted by atomic mass is 19.4. The standard InChI is InChI=1S/C12H10F4O3/c13-8-4-6(3-7(5-8)12(14,15)16)10-9(11(17)18)1-2-19-10/h3-5,9-10H,1-2H2,(H,17,18). The molecule has 1 aliphatic heterocycles. The first-order valence-corrected chi connectivity index (χ1v) is 5.51. The average molecular weight is 278 g/mol. The van der Waals surface area contributed by atoms with E-state index in [1.54, 1.807) is 0 Å². The van der Waals surface area contributed by atoms with Gasteiger partial charge in [-0.15, -0.1) is 0 Å². The molecule has 19 heavy (non-hydrogen) atoms. The molecule has 1 aliphatic rings. The molecule has 1 N–H and O–H groups in total. The molecular formula is C12H10F4O3. The van der Waals surface area contributed by atoms with Crippen LogP contribution in [0.3, 0.4) is 0 Å². The van der Waals surface area contributed by atoms with Crippen LogP contribution in [0, 0.1) is 11.7 Å². The van der Waals surface area contributed by atoms with E-state index >= 15 is 0 Å². The maximum atomic E-state index is 13.2. The lowest BCUT2D eigenvalue weighted by Gasteiger charge is -2.17. The predicted octanol–water partition coefficient (Wildman–Crippen LogP) is 3.01. The third kappa shape index (κ3) is 2.86. The first-order chi connectivity index (χ1) is 8.79. The summed E-state index contributed by atoms with van der Waals surface area (Å²) in [5.41, 5.74) is -1.25. The third-order valence-electron chi connectivity index (χ3n) is 2.98. The van der Waals surface area contributed by atoms with Gasteiger partial charge in [0.2, 0.25) is 0 Å². The van der Waals surface area contributed by atoms with E-state index in [0.29, 0.717) is 6.07 Å². The summed E-state index contributed by atoms with van der Waals surface area (Å²) in [5, 5.41) is 8.95. The van der Waals surface area contributed by atoms with Crippen molar-refractivity contribution in [2.45, 2.75) is 18.7 Å². The molecule has 3 nitrogen and oxygen atoms in total. The van der Waals surface area contributed by atoms with Gasteiger partial charge in [0.05, 0.1) is 17.6 Å². The van der Waals surface area contributed by atoms with Crippen molar-refractivity contribution in [3.63, 3.8) is 0 Å². The lowest BCUT2D eigenvalue weighted by atomic mass is 9.94. The molecule has 0 amide bonds. The molecule has 2 rings (SSSR count). The molecule has 7 heteroatoms. The molecule has 2 atom stereocenters. The van der Waals surface area contributed by atoms with Gasteiger partial charge in [0.15, 0.2) is 0 Å². The van der Waals surface area contributed by atoms with Gasteiger partial charge in [0.1, 0.15) is 5.82 Å². The Morgan fingerprint density at radius 1 is 1.32 bits per heavy atom. The molecule has 1 fully saturated rings. The zero-order chi connectivity index (χ0) is 14.2. The highest BCUT2D eigenvalue weighted by Crippen LogP contribution is 2.38. The van der Waals surface area contributed by atoms with Crippen molar-refractivity contribution < 1.29 is 32.2 Å². The highest BCUT2D eigenvalue weighted by Gasteiger charge is 2.37. The third-order valence-corrected chi connectivity index (χ3v) is 2.98. The monoisotopic (exact) mass is 278 g/mol. The summed E-state index contributed by atoms with van der Waals surface area (Å²) in [6.07, 6.45) is -5.54. The second-order valence-electron chi connectivity index (χ2n) is 4.30. The normalized spacial score (nSPS) is 23.6. The SMILES string of the molecule is O=C(O)C1CCOC1c1cc(F)cc(C(F)(F)F)c1. The molecule has 0 radical (unpaired) electrons. The van der Waals surface area contributed by atoms with Gasteiger partial charge in [-0.1, -0.05) is 0 Å². The van der Waals surface area contributed by atoms with Gasteiger partial charge in [0, 0.05) is 6.61 Å². The predicted molar refractivity (Wildman–Crippen MR) is 55.8 cm³/mol. The second kappa shape index (κ2) is 4.80. The van der Waals surface area contributed by atoms with Gasteiger partial charge in [-0.25, -0.2) is 4.39 Å². The summed E-state index contributed by atoms with van der Waals surface area (Å²) in [6, 6.07) is 1.98. The summed E-state index contributed by atoms with van der Waals surface area (Å²) in [7, 11) is 0. The molecular weight excluding hydrogens is 268 g/mol. The summed E-state index contributed by atoms with van der Waals surface area (Å²) in [5.74, 6) is -3.19. The lowest BCUT2D eigenvalue weighted by molar-refractivity contribution is -0.143. The van der Waals surface area contributed by atoms with Crippen molar-refractivity contribution in [3.05, 3.63) is 35.1 Å². The van der Waals surface area contributed by atoms with Crippen LogP contribution in [-0.2, 0) is 15.7 Å². The molecule has 0 spiro atoms. The van der Waals surface area contributed by atoms with Gasteiger partial charge < -0.3 is 9.84 Å². The Hall–Kier alpha value is -1.63. The number of hydrogen-bond donors (Lipinski definition) is 1. The van der Waals surface area contributed by atoms with Crippen LogP contribution < -0.4 is 0 Å². The molecule has 0 saturated carbocycles. The van der Waals surface area contributed by atoms with E-state index < -0.39 is 35.5 Å². The van der Waals surface area contributed by atoms with Crippen molar-refractivity contribution in [2.24, 2.45) is 5.92 Å². The van der Waals surface area contributed by atoms with Crippen LogP contribution in [-0.4, -0.2) is 17.7 Å². The molecule has 0 aliphatic carbocycles. The number of carbonyl (C=O) groups is 1. The van der Waals surface area contributed by atoms with Crippen LogP contribution in [0.2, 0.25) is 0 Å². The van der Waals surface area contributed by atoms with E-state index in [9.17, 15) is 22.4 Å². The summed E-state index contributed by atoms with van der Waals surface area (Å²) >= 11 is 0. The fourth-order valence-corrected chi connectivity index (χ4v) is 2.11. The topological polar surface area (TPSA) is 46.5 Å². The van der Waals surface area contributed by atoms with Crippen LogP contribution in [0.15, 0.2) is 18.2 Å². The average Bonchev–Trinajstić information content (AvgIpc) is 2.75. The summed E-state index contributed by atoms with van der Waals surface area (Å²) in [6.45, 7) is 0.125. The zero-order valence-corrected chi connectivity index (χ0v) is 9.58. The number of halogens is 4. The van der Waals surface area contributed by atoms with Crippen LogP contribution in [0.5, 0.6) is 0 Å². The number of benzene rings is 1. The maximum absolute atomic E-state index is 13.2. The Bertz CT molecular complexity index is 498. The Morgan fingerprint density at radius 3 is 2.58 bits per heavy atom. The van der Waals surface area contributed by atoms with Gasteiger partial charge in [-0.3, -0.25) is 4.79 Å². The minimum atomic E-state index is -4.69. The minimum absolute atomic E-state index is 0.0998. The van der Waals surface area contributed by atoms with Crippen molar-refractivity contribution in [3.8, 4) is 0 Å². The van der Waals surface area contributed by atoms with E-state index in [1.807, 2.05) is 0 Å². The molecule has 1 aromatic rings. The van der Waals surface area contributed by atoms with Crippen LogP contribution in [0.1, 0.15) is 23.7 Å². The number of carboxylic acid groups (broad SMARTS) is 1.